The first-order valence-corrected chi connectivity index (χ1v) is 6.37. The molecule has 3 nitrogen and oxygen atoms in total. The summed E-state index contributed by atoms with van der Waals surface area (Å²) in [7, 11) is 0. The molecule has 0 bridgehead atoms. The van der Waals surface area contributed by atoms with Gasteiger partial charge in [0.1, 0.15) is 5.75 Å². The Labute approximate surface area is 115 Å². The van der Waals surface area contributed by atoms with Gasteiger partial charge in [0.2, 0.25) is 0 Å². The fourth-order valence-corrected chi connectivity index (χ4v) is 1.61. The lowest BCUT2D eigenvalue weighted by atomic mass is 10.1. The van der Waals surface area contributed by atoms with Gasteiger partial charge in [0.15, 0.2) is 0 Å². The van der Waals surface area contributed by atoms with Crippen molar-refractivity contribution in [1.82, 2.24) is 0 Å². The molecule has 0 aliphatic heterocycles. The number of rotatable bonds is 6. The smallest absolute Gasteiger partial charge is 0.416 e. The summed E-state index contributed by atoms with van der Waals surface area (Å²) in [5.74, 6) is -0.291. The molecule has 0 radical (unpaired) electrons. The largest absolute Gasteiger partial charge is 0.493 e. The Bertz CT molecular complexity index is 455. The van der Waals surface area contributed by atoms with Gasteiger partial charge in [-0.1, -0.05) is 6.92 Å². The van der Waals surface area contributed by atoms with E-state index in [0.29, 0.717) is 6.61 Å². The molecule has 0 amide bonds. The zero-order chi connectivity index (χ0) is 15.2. The number of hydrogen-bond donors (Lipinski definition) is 0. The number of carbonyl (C=O) groups excluding carboxylic acids is 1. The Morgan fingerprint density at radius 1 is 1.25 bits per heavy atom. The minimum absolute atomic E-state index is 0.183. The van der Waals surface area contributed by atoms with Crippen molar-refractivity contribution in [3.63, 3.8) is 0 Å². The summed E-state index contributed by atoms with van der Waals surface area (Å²) in [5.41, 5.74) is -0.618. The van der Waals surface area contributed by atoms with Crippen molar-refractivity contribution < 1.29 is 27.4 Å². The number of alkyl halides is 3. The molecule has 1 rings (SSSR count). The quantitative estimate of drug-likeness (QED) is 0.751. The van der Waals surface area contributed by atoms with Crippen LogP contribution in [0.2, 0.25) is 0 Å². The van der Waals surface area contributed by atoms with Crippen LogP contribution in [0.4, 0.5) is 13.2 Å². The average Bonchev–Trinajstić information content (AvgIpc) is 2.36. The third kappa shape index (κ3) is 4.75. The number of hydrogen-bond acceptors (Lipinski definition) is 3. The lowest BCUT2D eigenvalue weighted by Crippen LogP contribution is -2.12. The summed E-state index contributed by atoms with van der Waals surface area (Å²) in [6, 6.07) is 3.12. The van der Waals surface area contributed by atoms with Crippen LogP contribution >= 0.6 is 0 Å². The second-order valence-corrected chi connectivity index (χ2v) is 4.15. The molecule has 0 atom stereocenters. The summed E-state index contributed by atoms with van der Waals surface area (Å²) in [5, 5.41) is 0. The first kappa shape index (κ1) is 16.3. The molecule has 6 heteroatoms. The Morgan fingerprint density at radius 3 is 2.50 bits per heavy atom. The van der Waals surface area contributed by atoms with Crippen molar-refractivity contribution in [3.8, 4) is 5.75 Å². The van der Waals surface area contributed by atoms with Gasteiger partial charge in [0.25, 0.3) is 0 Å². The van der Waals surface area contributed by atoms with E-state index in [-0.39, 0.29) is 24.3 Å². The first-order chi connectivity index (χ1) is 9.38. The summed E-state index contributed by atoms with van der Waals surface area (Å²) in [6.45, 7) is 4.08. The third-order valence-electron chi connectivity index (χ3n) is 2.49. The zero-order valence-electron chi connectivity index (χ0n) is 11.4. The maximum atomic E-state index is 12.7. The second-order valence-electron chi connectivity index (χ2n) is 4.15. The van der Waals surface area contributed by atoms with E-state index in [1.54, 1.807) is 6.92 Å². The van der Waals surface area contributed by atoms with Gasteiger partial charge in [0, 0.05) is 5.56 Å². The van der Waals surface area contributed by atoms with E-state index < -0.39 is 17.7 Å². The first-order valence-electron chi connectivity index (χ1n) is 6.37. The minimum atomic E-state index is -4.45. The average molecular weight is 290 g/mol. The van der Waals surface area contributed by atoms with Crippen molar-refractivity contribution in [2.75, 3.05) is 13.2 Å². The van der Waals surface area contributed by atoms with Crippen molar-refractivity contribution in [2.45, 2.75) is 32.9 Å². The van der Waals surface area contributed by atoms with Gasteiger partial charge in [-0.25, -0.2) is 0 Å². The highest BCUT2D eigenvalue weighted by Crippen LogP contribution is 2.33. The summed E-state index contributed by atoms with van der Waals surface area (Å²) >= 11 is 0. The molecule has 0 heterocycles. The number of benzene rings is 1. The van der Waals surface area contributed by atoms with Crippen LogP contribution < -0.4 is 4.74 Å². The molecule has 0 unspecified atom stereocenters. The lowest BCUT2D eigenvalue weighted by molar-refractivity contribution is -0.142. The lowest BCUT2D eigenvalue weighted by Gasteiger charge is -2.14. The van der Waals surface area contributed by atoms with Gasteiger partial charge in [-0.05, 0) is 31.5 Å². The summed E-state index contributed by atoms with van der Waals surface area (Å²) < 4.78 is 48.2. The van der Waals surface area contributed by atoms with Crippen molar-refractivity contribution >= 4 is 5.97 Å². The molecule has 0 aliphatic rings. The minimum Gasteiger partial charge on any atom is -0.493 e. The van der Waals surface area contributed by atoms with Gasteiger partial charge in [-0.2, -0.15) is 13.2 Å². The predicted molar refractivity (Wildman–Crippen MR) is 67.6 cm³/mol. The molecule has 0 saturated carbocycles. The Hall–Kier alpha value is -1.72. The van der Waals surface area contributed by atoms with Crippen LogP contribution in [0.25, 0.3) is 0 Å². The molecule has 0 saturated heterocycles. The van der Waals surface area contributed by atoms with Crippen LogP contribution in [0.1, 0.15) is 31.4 Å². The summed E-state index contributed by atoms with van der Waals surface area (Å²) in [4.78, 5) is 11.4. The Kier molecular flexibility index (Phi) is 5.85. The fourth-order valence-electron chi connectivity index (χ4n) is 1.61. The zero-order valence-corrected chi connectivity index (χ0v) is 11.4. The molecule has 0 aromatic heterocycles. The van der Waals surface area contributed by atoms with E-state index in [9.17, 15) is 18.0 Å². The SMILES string of the molecule is CCCOc1ccc(C(F)(F)F)cc1CC(=O)OCC. The third-order valence-corrected chi connectivity index (χ3v) is 2.49. The molecular formula is C14H17F3O3. The molecule has 0 aliphatic carbocycles. The summed E-state index contributed by atoms with van der Waals surface area (Å²) in [6.07, 6.45) is -3.97. The van der Waals surface area contributed by atoms with Gasteiger partial charge < -0.3 is 9.47 Å². The number of halogens is 3. The van der Waals surface area contributed by atoms with Gasteiger partial charge in [-0.15, -0.1) is 0 Å². The van der Waals surface area contributed by atoms with Gasteiger partial charge in [-0.3, -0.25) is 4.79 Å². The van der Waals surface area contributed by atoms with E-state index >= 15 is 0 Å². The van der Waals surface area contributed by atoms with Crippen molar-refractivity contribution in [3.05, 3.63) is 29.3 Å². The monoisotopic (exact) mass is 290 g/mol. The fraction of sp³-hybridized carbons (Fsp3) is 0.500. The predicted octanol–water partition coefficient (Wildman–Crippen LogP) is 3.60. The maximum absolute atomic E-state index is 12.7. The molecular weight excluding hydrogens is 273 g/mol. The van der Waals surface area contributed by atoms with Gasteiger partial charge in [0.05, 0.1) is 25.2 Å². The van der Waals surface area contributed by atoms with Crippen LogP contribution in [0, 0.1) is 0 Å². The van der Waals surface area contributed by atoms with E-state index in [2.05, 4.69) is 0 Å². The molecule has 1 aromatic carbocycles. The molecule has 1 aromatic rings. The Balaban J connectivity index is 3.02. The van der Waals surface area contributed by atoms with Crippen molar-refractivity contribution in [1.29, 1.82) is 0 Å². The van der Waals surface area contributed by atoms with E-state index in [0.717, 1.165) is 18.6 Å². The van der Waals surface area contributed by atoms with Crippen LogP contribution in [-0.2, 0) is 22.1 Å². The van der Waals surface area contributed by atoms with Crippen molar-refractivity contribution in [2.24, 2.45) is 0 Å². The molecule has 0 N–H and O–H groups in total. The molecule has 0 fully saturated rings. The topological polar surface area (TPSA) is 35.5 Å². The van der Waals surface area contributed by atoms with Crippen LogP contribution in [0.5, 0.6) is 5.75 Å². The Morgan fingerprint density at radius 2 is 1.95 bits per heavy atom. The second kappa shape index (κ2) is 7.17. The highest BCUT2D eigenvalue weighted by Gasteiger charge is 2.31. The van der Waals surface area contributed by atoms with E-state index in [1.165, 1.54) is 6.07 Å². The molecule has 0 spiro atoms. The molecule has 20 heavy (non-hydrogen) atoms. The number of carbonyl (C=O) groups is 1. The van der Waals surface area contributed by atoms with Crippen LogP contribution in [-0.4, -0.2) is 19.2 Å². The molecule has 112 valence electrons. The van der Waals surface area contributed by atoms with Crippen LogP contribution in [0.15, 0.2) is 18.2 Å². The van der Waals surface area contributed by atoms with Gasteiger partial charge >= 0.3 is 12.1 Å². The van der Waals surface area contributed by atoms with Crippen LogP contribution in [0.3, 0.4) is 0 Å². The normalized spacial score (nSPS) is 11.2. The highest BCUT2D eigenvalue weighted by molar-refractivity contribution is 5.73. The number of ether oxygens (including phenoxy) is 2. The van der Waals surface area contributed by atoms with E-state index in [4.69, 9.17) is 9.47 Å². The maximum Gasteiger partial charge on any atom is 0.416 e. The standard InChI is InChI=1S/C14H17F3O3/c1-3-7-20-12-6-5-11(14(15,16)17)8-10(12)9-13(18)19-4-2/h5-6,8H,3-4,7,9H2,1-2H3. The highest BCUT2D eigenvalue weighted by atomic mass is 19.4. The van der Waals surface area contributed by atoms with E-state index in [1.807, 2.05) is 6.92 Å². The number of esters is 1.